The molecule has 7 nitrogen and oxygen atoms in total. The number of hydrogen-bond acceptors (Lipinski definition) is 6. The van der Waals surface area contributed by atoms with E-state index < -0.39 is 0 Å². The Bertz CT molecular complexity index is 1650. The van der Waals surface area contributed by atoms with Crippen LogP contribution >= 0.6 is 12.4 Å². The molecule has 1 fully saturated rings. The first-order valence-electron chi connectivity index (χ1n) is 15.7. The normalized spacial score (nSPS) is 15.4. The van der Waals surface area contributed by atoms with Gasteiger partial charge in [0.2, 0.25) is 0 Å². The van der Waals surface area contributed by atoms with E-state index in [1.807, 2.05) is 12.1 Å². The molecular weight excluding hydrogens is 566 g/mol. The van der Waals surface area contributed by atoms with E-state index in [0.29, 0.717) is 6.04 Å². The lowest BCUT2D eigenvalue weighted by molar-refractivity contribution is 0.186. The van der Waals surface area contributed by atoms with Gasteiger partial charge in [0.05, 0.1) is 0 Å². The van der Waals surface area contributed by atoms with E-state index in [4.69, 9.17) is 15.0 Å². The topological polar surface area (TPSA) is 53.3 Å². The van der Waals surface area contributed by atoms with Crippen LogP contribution in [0.3, 0.4) is 0 Å². The van der Waals surface area contributed by atoms with Crippen molar-refractivity contribution < 1.29 is 0 Å². The van der Waals surface area contributed by atoms with Crippen LogP contribution in [0, 0.1) is 13.8 Å². The third-order valence-corrected chi connectivity index (χ3v) is 8.96. The van der Waals surface area contributed by atoms with Crippen LogP contribution < -0.4 is 9.80 Å². The summed E-state index contributed by atoms with van der Waals surface area (Å²) in [4.78, 5) is 22.3. The summed E-state index contributed by atoms with van der Waals surface area (Å²) in [5.74, 6) is 1.79. The van der Waals surface area contributed by atoms with E-state index >= 15 is 0 Å². The molecule has 1 atom stereocenters. The van der Waals surface area contributed by atoms with Crippen molar-refractivity contribution in [3.63, 3.8) is 0 Å². The van der Waals surface area contributed by atoms with Crippen LogP contribution in [0.5, 0.6) is 0 Å². The summed E-state index contributed by atoms with van der Waals surface area (Å²) in [6.45, 7) is 15.3. The molecule has 0 spiro atoms. The van der Waals surface area contributed by atoms with Gasteiger partial charge in [0.1, 0.15) is 12.2 Å². The van der Waals surface area contributed by atoms with Gasteiger partial charge in [-0.1, -0.05) is 60.7 Å². The third-order valence-electron chi connectivity index (χ3n) is 8.96. The summed E-state index contributed by atoms with van der Waals surface area (Å²) in [5, 5.41) is 0. The van der Waals surface area contributed by atoms with Crippen LogP contribution in [0.15, 0.2) is 85.2 Å². The lowest BCUT2D eigenvalue weighted by atomic mass is 10.1. The fraction of sp³-hybridized carbons (Fsp3) is 0.361. The number of imidazole rings is 1. The van der Waals surface area contributed by atoms with E-state index in [1.54, 1.807) is 6.33 Å². The summed E-state index contributed by atoms with van der Waals surface area (Å²) >= 11 is 0. The van der Waals surface area contributed by atoms with Crippen LogP contribution in [-0.4, -0.2) is 69.7 Å². The highest BCUT2D eigenvalue weighted by Crippen LogP contribution is 2.31. The van der Waals surface area contributed by atoms with E-state index in [0.717, 1.165) is 86.2 Å². The van der Waals surface area contributed by atoms with Crippen molar-refractivity contribution in [1.29, 1.82) is 0 Å². The Morgan fingerprint density at radius 3 is 2.34 bits per heavy atom. The lowest BCUT2D eigenvalue weighted by Gasteiger charge is -2.41. The van der Waals surface area contributed by atoms with Gasteiger partial charge >= 0.3 is 0 Å². The van der Waals surface area contributed by atoms with Gasteiger partial charge < -0.3 is 9.80 Å². The van der Waals surface area contributed by atoms with Crippen molar-refractivity contribution in [2.75, 3.05) is 49.1 Å². The number of nitrogens with zero attached hydrogens (tertiary/aromatic N) is 7. The van der Waals surface area contributed by atoms with Crippen LogP contribution in [-0.2, 0) is 0 Å². The molecule has 8 heteroatoms. The fourth-order valence-corrected chi connectivity index (χ4v) is 6.37. The predicted octanol–water partition coefficient (Wildman–Crippen LogP) is 7.34. The molecule has 1 unspecified atom stereocenters. The molecular formula is C36H44ClN7. The Balaban J connectivity index is 0.00000384. The number of aryl methyl sites for hydroxylation is 1. The largest absolute Gasteiger partial charge is 0.368 e. The predicted molar refractivity (Wildman–Crippen MR) is 186 cm³/mol. The number of unbranched alkanes of at least 4 members (excludes halogenated alkanes) is 1. The molecule has 0 N–H and O–H groups in total. The Morgan fingerprint density at radius 2 is 1.61 bits per heavy atom. The summed E-state index contributed by atoms with van der Waals surface area (Å²) < 4.78 is 2.16. The van der Waals surface area contributed by atoms with E-state index in [-0.39, 0.29) is 12.4 Å². The van der Waals surface area contributed by atoms with Gasteiger partial charge in [-0.2, -0.15) is 0 Å². The van der Waals surface area contributed by atoms with Gasteiger partial charge in [0.25, 0.3) is 0 Å². The van der Waals surface area contributed by atoms with Gasteiger partial charge in [0.15, 0.2) is 17.0 Å². The van der Waals surface area contributed by atoms with Gasteiger partial charge in [-0.3, -0.25) is 9.47 Å². The molecule has 0 saturated carbocycles. The number of fused-ring (bicyclic) bond motifs is 1. The third kappa shape index (κ3) is 6.44. The van der Waals surface area contributed by atoms with E-state index in [1.165, 1.54) is 16.8 Å². The minimum atomic E-state index is 0. The highest BCUT2D eigenvalue weighted by molar-refractivity contribution is 5.88. The number of para-hydroxylation sites is 1. The van der Waals surface area contributed by atoms with E-state index in [2.05, 4.69) is 114 Å². The van der Waals surface area contributed by atoms with Gasteiger partial charge in [-0.15, -0.1) is 12.4 Å². The molecule has 3 heterocycles. The summed E-state index contributed by atoms with van der Waals surface area (Å²) in [6, 6.07) is 27.9. The van der Waals surface area contributed by atoms with Crippen LogP contribution in [0.2, 0.25) is 0 Å². The molecule has 1 saturated heterocycles. The molecule has 230 valence electrons. The molecule has 2 aromatic heterocycles. The highest BCUT2D eigenvalue weighted by Gasteiger charge is 2.25. The Hall–Kier alpha value is -3.94. The first-order chi connectivity index (χ1) is 21.0. The number of aromatic nitrogens is 4. The molecule has 1 aliphatic rings. The number of hydrogen-bond donors (Lipinski definition) is 0. The van der Waals surface area contributed by atoms with Gasteiger partial charge in [0, 0.05) is 55.7 Å². The molecule has 6 rings (SSSR count). The number of halogens is 1. The van der Waals surface area contributed by atoms with E-state index in [9.17, 15) is 0 Å². The highest BCUT2D eigenvalue weighted by atomic mass is 35.5. The molecule has 0 amide bonds. The Kier molecular flexibility index (Phi) is 10.2. The maximum Gasteiger partial charge on any atom is 0.170 e. The second-order valence-electron chi connectivity index (χ2n) is 11.7. The maximum atomic E-state index is 5.17. The standard InChI is InChI=1S/C36H43N7.ClH/c1-5-40(21-12-13-22-41-23-24-42(25-28(41)3)32-20-14-15-27(2)29(32)4)35-33-36(38-26-37-35)43(31-18-10-7-11-19-31)34(39-33)30-16-8-6-9-17-30;/h6-11,14-20,26,28H,5,12-13,21-25H2,1-4H3;1H. The molecule has 5 aromatic rings. The number of anilines is 2. The number of piperazine rings is 1. The van der Waals surface area contributed by atoms with Crippen molar-refractivity contribution >= 4 is 35.1 Å². The molecule has 1 aliphatic heterocycles. The van der Waals surface area contributed by atoms with Gasteiger partial charge in [-0.05, 0) is 76.4 Å². The van der Waals surface area contributed by atoms with Crippen molar-refractivity contribution in [2.45, 2.75) is 46.6 Å². The SMILES string of the molecule is CCN(CCCCN1CCN(c2cccc(C)c2C)CC1C)c1ncnc2c1nc(-c1ccccc1)n2-c1ccccc1.Cl. The average molecular weight is 610 g/mol. The summed E-state index contributed by atoms with van der Waals surface area (Å²) in [7, 11) is 0. The monoisotopic (exact) mass is 609 g/mol. The molecule has 0 radical (unpaired) electrons. The van der Waals surface area contributed by atoms with Crippen LogP contribution in [0.1, 0.15) is 37.8 Å². The Labute approximate surface area is 268 Å². The summed E-state index contributed by atoms with van der Waals surface area (Å²) in [5.41, 5.74) is 7.97. The quantitative estimate of drug-likeness (QED) is 0.154. The fourth-order valence-electron chi connectivity index (χ4n) is 6.37. The van der Waals surface area contributed by atoms with Crippen molar-refractivity contribution in [3.05, 3.63) is 96.3 Å². The van der Waals surface area contributed by atoms with Crippen molar-refractivity contribution in [1.82, 2.24) is 24.4 Å². The second-order valence-corrected chi connectivity index (χ2v) is 11.7. The molecule has 0 aliphatic carbocycles. The Morgan fingerprint density at radius 1 is 0.864 bits per heavy atom. The maximum absolute atomic E-state index is 5.17. The molecule has 0 bridgehead atoms. The zero-order chi connectivity index (χ0) is 29.8. The minimum absolute atomic E-state index is 0. The smallest absolute Gasteiger partial charge is 0.170 e. The zero-order valence-corrected chi connectivity index (χ0v) is 27.2. The second kappa shape index (κ2) is 14.2. The molecule has 44 heavy (non-hydrogen) atoms. The van der Waals surface area contributed by atoms with Crippen molar-refractivity contribution in [2.24, 2.45) is 0 Å². The number of rotatable bonds is 10. The first-order valence-corrected chi connectivity index (χ1v) is 15.7. The van der Waals surface area contributed by atoms with Crippen molar-refractivity contribution in [3.8, 4) is 17.1 Å². The number of benzene rings is 3. The van der Waals surface area contributed by atoms with Crippen LogP contribution in [0.4, 0.5) is 11.5 Å². The lowest BCUT2D eigenvalue weighted by Crippen LogP contribution is -2.52. The summed E-state index contributed by atoms with van der Waals surface area (Å²) in [6.07, 6.45) is 3.95. The first kappa shape index (κ1) is 31.5. The average Bonchev–Trinajstić information content (AvgIpc) is 3.44. The molecule has 3 aromatic carbocycles. The van der Waals surface area contributed by atoms with Gasteiger partial charge in [-0.25, -0.2) is 15.0 Å². The zero-order valence-electron chi connectivity index (χ0n) is 26.4. The minimum Gasteiger partial charge on any atom is -0.368 e. The van der Waals surface area contributed by atoms with Crippen LogP contribution in [0.25, 0.3) is 28.2 Å².